The normalized spacial score (nSPS) is 34.2. The molecule has 4 aliphatic heterocycles. The van der Waals surface area contributed by atoms with E-state index in [1.807, 2.05) is 6.07 Å². The van der Waals surface area contributed by atoms with Crippen LogP contribution in [0.4, 0.5) is 5.69 Å². The topological polar surface area (TPSA) is 70.7 Å². The molecule has 1 aromatic carbocycles. The van der Waals surface area contributed by atoms with Crippen molar-refractivity contribution in [3.8, 4) is 5.75 Å². The Morgan fingerprint density at radius 2 is 2.17 bits per heavy atom. The predicted molar refractivity (Wildman–Crippen MR) is 88.2 cm³/mol. The van der Waals surface area contributed by atoms with E-state index < -0.39 is 5.41 Å². The molecule has 3 fully saturated rings. The molecule has 1 aromatic rings. The number of benzene rings is 1. The summed E-state index contributed by atoms with van der Waals surface area (Å²) in [6, 6.07) is 7.38. The second-order valence-corrected chi connectivity index (χ2v) is 7.33. The van der Waals surface area contributed by atoms with Crippen molar-refractivity contribution >= 4 is 17.5 Å². The number of amides is 2. The molecule has 2 N–H and O–H groups in total. The lowest BCUT2D eigenvalue weighted by Crippen LogP contribution is -2.52. The van der Waals surface area contributed by atoms with Crippen molar-refractivity contribution in [3.05, 3.63) is 23.8 Å². The van der Waals surface area contributed by atoms with Gasteiger partial charge in [0.1, 0.15) is 17.8 Å². The highest BCUT2D eigenvalue weighted by molar-refractivity contribution is 6.04. The van der Waals surface area contributed by atoms with Crippen LogP contribution in [0.2, 0.25) is 0 Å². The van der Waals surface area contributed by atoms with E-state index in [4.69, 9.17) is 4.74 Å². The summed E-state index contributed by atoms with van der Waals surface area (Å²) in [7, 11) is 0. The molecule has 3 atom stereocenters. The minimum absolute atomic E-state index is 0.187. The third-order valence-electron chi connectivity index (χ3n) is 6.15. The molecule has 0 radical (unpaired) electrons. The Kier molecular flexibility index (Phi) is 2.95. The van der Waals surface area contributed by atoms with E-state index in [-0.39, 0.29) is 11.8 Å². The molecule has 0 bridgehead atoms. The maximum absolute atomic E-state index is 12.5. The van der Waals surface area contributed by atoms with Crippen molar-refractivity contribution in [3.63, 3.8) is 0 Å². The van der Waals surface area contributed by atoms with Crippen LogP contribution in [0, 0.1) is 0 Å². The van der Waals surface area contributed by atoms with Gasteiger partial charge in [0.05, 0.1) is 0 Å². The van der Waals surface area contributed by atoms with Crippen molar-refractivity contribution in [1.82, 2.24) is 10.6 Å². The molecule has 4 heterocycles. The van der Waals surface area contributed by atoms with Gasteiger partial charge < -0.3 is 15.0 Å². The van der Waals surface area contributed by atoms with Crippen LogP contribution in [0.3, 0.4) is 0 Å². The molecule has 0 aromatic heterocycles. The first-order chi connectivity index (χ1) is 11.7. The monoisotopic (exact) mass is 327 g/mol. The number of ether oxygens (including phenoxy) is 1. The van der Waals surface area contributed by atoms with Crippen LogP contribution >= 0.6 is 0 Å². The summed E-state index contributed by atoms with van der Waals surface area (Å²) in [5, 5.41) is 6.05. The van der Waals surface area contributed by atoms with Crippen LogP contribution < -0.4 is 20.3 Å². The molecule has 3 unspecified atom stereocenters. The number of nitrogens with zero attached hydrogens (tertiary/aromatic N) is 1. The second kappa shape index (κ2) is 4.96. The Labute approximate surface area is 140 Å². The molecule has 5 rings (SSSR count). The van der Waals surface area contributed by atoms with Gasteiger partial charge in [-0.3, -0.25) is 14.9 Å². The first-order valence-corrected chi connectivity index (χ1v) is 8.79. The lowest BCUT2D eigenvalue weighted by atomic mass is 9.75. The summed E-state index contributed by atoms with van der Waals surface area (Å²) < 4.78 is 5.89. The molecule has 2 amide bonds. The van der Waals surface area contributed by atoms with Crippen molar-refractivity contribution in [2.24, 2.45) is 0 Å². The van der Waals surface area contributed by atoms with E-state index in [0.717, 1.165) is 24.4 Å². The van der Waals surface area contributed by atoms with Gasteiger partial charge in [-0.05, 0) is 31.9 Å². The lowest BCUT2D eigenvalue weighted by molar-refractivity contribution is -0.138. The molecule has 126 valence electrons. The summed E-state index contributed by atoms with van der Waals surface area (Å²) in [6.45, 7) is 2.48. The van der Waals surface area contributed by atoms with Gasteiger partial charge in [0, 0.05) is 42.4 Å². The van der Waals surface area contributed by atoms with Crippen molar-refractivity contribution in [2.45, 2.75) is 43.2 Å². The van der Waals surface area contributed by atoms with Gasteiger partial charge in [-0.25, -0.2) is 0 Å². The van der Waals surface area contributed by atoms with Gasteiger partial charge in [-0.1, -0.05) is 6.07 Å². The lowest BCUT2D eigenvalue weighted by Gasteiger charge is -2.30. The average molecular weight is 327 g/mol. The van der Waals surface area contributed by atoms with Crippen LogP contribution in [-0.2, 0) is 15.0 Å². The zero-order valence-electron chi connectivity index (χ0n) is 13.5. The van der Waals surface area contributed by atoms with Crippen LogP contribution in [0.1, 0.15) is 31.2 Å². The number of fused-ring (bicyclic) bond motifs is 3. The number of hydrogen-bond donors (Lipinski definition) is 2. The third kappa shape index (κ3) is 1.86. The zero-order valence-corrected chi connectivity index (χ0v) is 13.5. The number of anilines is 1. The van der Waals surface area contributed by atoms with E-state index in [1.54, 1.807) is 0 Å². The van der Waals surface area contributed by atoms with Gasteiger partial charge in [-0.15, -0.1) is 0 Å². The first-order valence-electron chi connectivity index (χ1n) is 8.79. The fourth-order valence-corrected chi connectivity index (χ4v) is 4.81. The quantitative estimate of drug-likeness (QED) is 0.743. The van der Waals surface area contributed by atoms with E-state index in [0.29, 0.717) is 31.5 Å². The summed E-state index contributed by atoms with van der Waals surface area (Å²) in [5.74, 6) is 0.394. The number of carbonyl (C=O) groups excluding carboxylic acids is 2. The number of carbonyl (C=O) groups is 2. The zero-order chi connectivity index (χ0) is 16.3. The Bertz CT molecular complexity index is 734. The minimum atomic E-state index is -0.690. The molecular formula is C18H21N3O3. The second-order valence-electron chi connectivity index (χ2n) is 7.33. The number of rotatable bonds is 1. The highest BCUT2D eigenvalue weighted by Crippen LogP contribution is 2.45. The van der Waals surface area contributed by atoms with E-state index >= 15 is 0 Å². The van der Waals surface area contributed by atoms with Gasteiger partial charge in [0.25, 0.3) is 0 Å². The van der Waals surface area contributed by atoms with Gasteiger partial charge in [0.15, 0.2) is 0 Å². The van der Waals surface area contributed by atoms with Crippen LogP contribution in [0.5, 0.6) is 5.75 Å². The Balaban J connectivity index is 1.48. The highest BCUT2D eigenvalue weighted by Gasteiger charge is 2.50. The Hall–Kier alpha value is -2.08. The molecule has 0 aliphatic carbocycles. The molecule has 4 aliphatic rings. The smallest absolute Gasteiger partial charge is 0.240 e. The molecular weight excluding hydrogens is 306 g/mol. The summed E-state index contributed by atoms with van der Waals surface area (Å²) in [5.41, 5.74) is 1.41. The summed E-state index contributed by atoms with van der Waals surface area (Å²) in [4.78, 5) is 26.4. The molecule has 6 nitrogen and oxygen atoms in total. The van der Waals surface area contributed by atoms with E-state index in [9.17, 15) is 9.59 Å². The van der Waals surface area contributed by atoms with E-state index in [2.05, 4.69) is 27.7 Å². The number of nitrogens with one attached hydrogen (secondary N) is 2. The average Bonchev–Trinajstić information content (AvgIpc) is 3.26. The van der Waals surface area contributed by atoms with Crippen LogP contribution in [0.25, 0.3) is 0 Å². The van der Waals surface area contributed by atoms with Crippen molar-refractivity contribution in [1.29, 1.82) is 0 Å². The number of imide groups is 1. The fraction of sp³-hybridized carbons (Fsp3) is 0.556. The van der Waals surface area contributed by atoms with Crippen molar-refractivity contribution in [2.75, 3.05) is 24.6 Å². The summed E-state index contributed by atoms with van der Waals surface area (Å²) >= 11 is 0. The van der Waals surface area contributed by atoms with E-state index in [1.165, 1.54) is 18.5 Å². The molecule has 24 heavy (non-hydrogen) atoms. The van der Waals surface area contributed by atoms with Crippen LogP contribution in [-0.4, -0.2) is 43.6 Å². The fourth-order valence-electron chi connectivity index (χ4n) is 4.81. The van der Waals surface area contributed by atoms with Gasteiger partial charge >= 0.3 is 0 Å². The SMILES string of the molecule is O=C1CCC2(COc3cc(N4CCC5NCCC54)ccc32)C(=O)N1. The first kappa shape index (κ1) is 14.3. The molecule has 6 heteroatoms. The maximum Gasteiger partial charge on any atom is 0.240 e. The summed E-state index contributed by atoms with van der Waals surface area (Å²) in [6.07, 6.45) is 3.26. The van der Waals surface area contributed by atoms with Gasteiger partial charge in [0.2, 0.25) is 11.8 Å². The maximum atomic E-state index is 12.5. The van der Waals surface area contributed by atoms with Crippen molar-refractivity contribution < 1.29 is 14.3 Å². The standard InChI is InChI=1S/C18H21N3O3/c22-16-3-6-18(17(23)20-16)10-24-15-9-11(1-2-12(15)18)21-8-5-13-14(21)4-7-19-13/h1-2,9,13-14,19H,3-8,10H2,(H,20,22,23). The van der Waals surface area contributed by atoms with Crippen LogP contribution in [0.15, 0.2) is 18.2 Å². The minimum Gasteiger partial charge on any atom is -0.492 e. The highest BCUT2D eigenvalue weighted by atomic mass is 16.5. The molecule has 1 spiro atoms. The Morgan fingerprint density at radius 1 is 1.25 bits per heavy atom. The molecule has 3 saturated heterocycles. The number of hydrogen-bond acceptors (Lipinski definition) is 5. The largest absolute Gasteiger partial charge is 0.492 e. The molecule has 0 saturated carbocycles. The number of piperidine rings is 1. The Morgan fingerprint density at radius 3 is 3.04 bits per heavy atom. The third-order valence-corrected chi connectivity index (χ3v) is 6.15. The predicted octanol–water partition coefficient (Wildman–Crippen LogP) is 0.694. The van der Waals surface area contributed by atoms with Gasteiger partial charge in [-0.2, -0.15) is 0 Å².